The smallest absolute Gasteiger partial charge is 0.162 e. The van der Waals surface area contributed by atoms with E-state index in [0.717, 1.165) is 50.1 Å². The van der Waals surface area contributed by atoms with Crippen molar-refractivity contribution in [3.8, 4) is 5.75 Å². The Balaban J connectivity index is 2.28. The number of aromatic nitrogens is 2. The summed E-state index contributed by atoms with van der Waals surface area (Å²) in [5, 5.41) is 15.7. The Kier molecular flexibility index (Phi) is 5.31. The van der Waals surface area contributed by atoms with E-state index in [1.807, 2.05) is 4.68 Å². The van der Waals surface area contributed by atoms with Crippen molar-refractivity contribution in [1.29, 1.82) is 0 Å². The van der Waals surface area contributed by atoms with Crippen LogP contribution in [0.25, 0.3) is 0 Å². The lowest BCUT2D eigenvalue weighted by Crippen LogP contribution is -2.29. The summed E-state index contributed by atoms with van der Waals surface area (Å²) in [6, 6.07) is 0. The molecule has 1 aliphatic carbocycles. The molecule has 1 heterocycles. The molecule has 4 heteroatoms. The van der Waals surface area contributed by atoms with Gasteiger partial charge in [0.1, 0.15) is 11.3 Å². The van der Waals surface area contributed by atoms with Crippen molar-refractivity contribution in [3.63, 3.8) is 0 Å². The topological polar surface area (TPSA) is 47.3 Å². The molecule has 0 saturated heterocycles. The van der Waals surface area contributed by atoms with Crippen molar-refractivity contribution in [2.75, 3.05) is 7.11 Å². The van der Waals surface area contributed by atoms with Crippen LogP contribution in [0.4, 0.5) is 0 Å². The highest BCUT2D eigenvalue weighted by Gasteiger charge is 2.38. The quantitative estimate of drug-likeness (QED) is 0.842. The first-order valence-electron chi connectivity index (χ1n) is 8.34. The number of aliphatic hydroxyl groups is 1. The Hall–Kier alpha value is -1.03. The molecular formula is C17H30N2O2. The molecule has 1 fully saturated rings. The Labute approximate surface area is 128 Å². The maximum Gasteiger partial charge on any atom is 0.162 e. The van der Waals surface area contributed by atoms with Crippen molar-refractivity contribution in [2.45, 2.75) is 71.4 Å². The van der Waals surface area contributed by atoms with E-state index in [1.54, 1.807) is 13.3 Å². The minimum Gasteiger partial charge on any atom is -0.493 e. The molecule has 1 aliphatic rings. The van der Waals surface area contributed by atoms with Gasteiger partial charge < -0.3 is 9.84 Å². The minimum absolute atomic E-state index is 0.690. The molecular weight excluding hydrogens is 264 g/mol. The van der Waals surface area contributed by atoms with Gasteiger partial charge in [-0.15, -0.1) is 0 Å². The van der Waals surface area contributed by atoms with Crippen LogP contribution in [0, 0.1) is 11.8 Å². The van der Waals surface area contributed by atoms with Gasteiger partial charge in [0, 0.05) is 6.54 Å². The molecule has 1 N–H and O–H groups in total. The molecule has 2 unspecified atom stereocenters. The number of aryl methyl sites for hydroxylation is 1. The van der Waals surface area contributed by atoms with Crippen molar-refractivity contribution < 1.29 is 9.84 Å². The summed E-state index contributed by atoms with van der Waals surface area (Å²) < 4.78 is 7.40. The summed E-state index contributed by atoms with van der Waals surface area (Å²) in [6.45, 7) is 7.53. The van der Waals surface area contributed by atoms with E-state index >= 15 is 0 Å². The van der Waals surface area contributed by atoms with E-state index in [-0.39, 0.29) is 0 Å². The van der Waals surface area contributed by atoms with Crippen molar-refractivity contribution in [3.05, 3.63) is 11.9 Å². The van der Waals surface area contributed by atoms with Gasteiger partial charge in [-0.2, -0.15) is 5.10 Å². The van der Waals surface area contributed by atoms with Crippen LogP contribution in [0.2, 0.25) is 0 Å². The molecule has 0 aromatic carbocycles. The highest BCUT2D eigenvalue weighted by atomic mass is 16.5. The zero-order valence-electron chi connectivity index (χ0n) is 13.9. The fourth-order valence-electron chi connectivity index (χ4n) is 3.62. The SMILES string of the molecule is CCCn1ncc(OC)c1C1(O)CCCC(C(C)C)CC1. The first kappa shape index (κ1) is 16.3. The maximum absolute atomic E-state index is 11.3. The molecule has 0 bridgehead atoms. The van der Waals surface area contributed by atoms with Crippen molar-refractivity contribution >= 4 is 0 Å². The summed E-state index contributed by atoms with van der Waals surface area (Å²) in [4.78, 5) is 0. The average Bonchev–Trinajstić information content (AvgIpc) is 2.75. The van der Waals surface area contributed by atoms with Crippen LogP contribution in [0.15, 0.2) is 6.20 Å². The second-order valence-electron chi connectivity index (χ2n) is 6.75. The number of nitrogens with zero attached hydrogens (tertiary/aromatic N) is 2. The average molecular weight is 294 g/mol. The van der Waals surface area contributed by atoms with Gasteiger partial charge >= 0.3 is 0 Å². The Morgan fingerprint density at radius 1 is 1.43 bits per heavy atom. The Morgan fingerprint density at radius 3 is 2.81 bits per heavy atom. The molecule has 1 aromatic rings. The number of ether oxygens (including phenoxy) is 1. The zero-order valence-corrected chi connectivity index (χ0v) is 13.9. The summed E-state index contributed by atoms with van der Waals surface area (Å²) in [5.41, 5.74) is 0.0944. The zero-order chi connectivity index (χ0) is 15.5. The van der Waals surface area contributed by atoms with Crippen LogP contribution in [0.1, 0.15) is 65.0 Å². The first-order valence-corrected chi connectivity index (χ1v) is 8.34. The molecule has 1 aromatic heterocycles. The minimum atomic E-state index is -0.791. The highest BCUT2D eigenvalue weighted by Crippen LogP contribution is 2.42. The molecule has 120 valence electrons. The molecule has 4 nitrogen and oxygen atoms in total. The first-order chi connectivity index (χ1) is 10.0. The summed E-state index contributed by atoms with van der Waals surface area (Å²) in [6.07, 6.45) is 7.72. The van der Waals surface area contributed by atoms with Gasteiger partial charge in [-0.25, -0.2) is 0 Å². The van der Waals surface area contributed by atoms with E-state index in [4.69, 9.17) is 4.74 Å². The summed E-state index contributed by atoms with van der Waals surface area (Å²) in [5.74, 6) is 2.14. The number of methoxy groups -OCH3 is 1. The number of hydrogen-bond donors (Lipinski definition) is 1. The van der Waals surface area contributed by atoms with E-state index in [1.165, 1.54) is 6.42 Å². The second-order valence-corrected chi connectivity index (χ2v) is 6.75. The normalized spacial score (nSPS) is 26.9. The Bertz CT molecular complexity index is 456. The van der Waals surface area contributed by atoms with Gasteiger partial charge in [-0.1, -0.05) is 27.2 Å². The fourth-order valence-corrected chi connectivity index (χ4v) is 3.62. The van der Waals surface area contributed by atoms with E-state index in [0.29, 0.717) is 11.8 Å². The van der Waals surface area contributed by atoms with Gasteiger partial charge in [-0.3, -0.25) is 4.68 Å². The molecule has 0 amide bonds. The molecule has 1 saturated carbocycles. The molecule has 2 rings (SSSR count). The molecule has 2 atom stereocenters. The van der Waals surface area contributed by atoms with Crippen molar-refractivity contribution in [2.24, 2.45) is 11.8 Å². The third kappa shape index (κ3) is 3.42. The van der Waals surface area contributed by atoms with Gasteiger partial charge in [0.15, 0.2) is 5.75 Å². The number of rotatable bonds is 5. The molecule has 0 radical (unpaired) electrons. The van der Waals surface area contributed by atoms with Gasteiger partial charge in [-0.05, 0) is 43.9 Å². The second kappa shape index (κ2) is 6.82. The molecule has 21 heavy (non-hydrogen) atoms. The van der Waals surface area contributed by atoms with Gasteiger partial charge in [0.05, 0.1) is 13.3 Å². The summed E-state index contributed by atoms with van der Waals surface area (Å²) >= 11 is 0. The van der Waals surface area contributed by atoms with E-state index < -0.39 is 5.60 Å². The Morgan fingerprint density at radius 2 is 2.19 bits per heavy atom. The van der Waals surface area contributed by atoms with Crippen LogP contribution in [-0.4, -0.2) is 22.0 Å². The predicted octanol–water partition coefficient (Wildman–Crippen LogP) is 3.73. The van der Waals surface area contributed by atoms with Gasteiger partial charge in [0.2, 0.25) is 0 Å². The van der Waals surface area contributed by atoms with Crippen LogP contribution in [0.5, 0.6) is 5.75 Å². The monoisotopic (exact) mass is 294 g/mol. The fraction of sp³-hybridized carbons (Fsp3) is 0.824. The van der Waals surface area contributed by atoms with Crippen LogP contribution in [-0.2, 0) is 12.1 Å². The van der Waals surface area contributed by atoms with Crippen LogP contribution < -0.4 is 4.74 Å². The standard InChI is InChI=1S/C17H30N2O2/c1-5-11-19-16(15(21-4)12-18-19)17(20)9-6-7-14(8-10-17)13(2)3/h12-14,20H,5-11H2,1-4H3. The summed E-state index contributed by atoms with van der Waals surface area (Å²) in [7, 11) is 1.66. The highest BCUT2D eigenvalue weighted by molar-refractivity contribution is 5.31. The lowest BCUT2D eigenvalue weighted by molar-refractivity contribution is 0.00806. The molecule has 0 aliphatic heterocycles. The number of hydrogen-bond acceptors (Lipinski definition) is 3. The predicted molar refractivity (Wildman–Crippen MR) is 84.4 cm³/mol. The lowest BCUT2D eigenvalue weighted by Gasteiger charge is -2.28. The third-order valence-electron chi connectivity index (χ3n) is 4.94. The van der Waals surface area contributed by atoms with Crippen LogP contribution >= 0.6 is 0 Å². The maximum atomic E-state index is 11.3. The largest absolute Gasteiger partial charge is 0.493 e. The lowest BCUT2D eigenvalue weighted by atomic mass is 9.86. The van der Waals surface area contributed by atoms with Crippen LogP contribution in [0.3, 0.4) is 0 Å². The molecule has 0 spiro atoms. The van der Waals surface area contributed by atoms with E-state index in [9.17, 15) is 5.11 Å². The van der Waals surface area contributed by atoms with Gasteiger partial charge in [0.25, 0.3) is 0 Å². The van der Waals surface area contributed by atoms with Crippen molar-refractivity contribution in [1.82, 2.24) is 9.78 Å². The third-order valence-corrected chi connectivity index (χ3v) is 4.94. The van der Waals surface area contributed by atoms with E-state index in [2.05, 4.69) is 25.9 Å².